The van der Waals surface area contributed by atoms with E-state index in [-0.39, 0.29) is 5.92 Å². The standard InChI is InChI=1S/C32H29BrO3S/c1-18(2)25-17-22(14-15-26(25)36-27(32(34)35)16-21-10-6-5-7-11-21)29-23-12-8-9-13-24(23)30(33)31-28(29)19(3)20(4)37-31/h5-15,17-18,27H,16H2,1-4H3,(H,34,35). The number of halogens is 1. The second-order valence-corrected chi connectivity index (χ2v) is 11.8. The van der Waals surface area contributed by atoms with Crippen molar-refractivity contribution in [1.82, 2.24) is 0 Å². The van der Waals surface area contributed by atoms with Gasteiger partial charge in [-0.3, -0.25) is 0 Å². The number of thiophene rings is 1. The first-order valence-electron chi connectivity index (χ1n) is 12.4. The number of fused-ring (bicyclic) bond motifs is 2. The zero-order valence-corrected chi connectivity index (χ0v) is 23.7. The molecule has 4 aromatic carbocycles. The quantitative estimate of drug-likeness (QED) is 0.211. The molecule has 1 heterocycles. The van der Waals surface area contributed by atoms with Crippen LogP contribution < -0.4 is 4.74 Å². The zero-order chi connectivity index (χ0) is 26.3. The molecule has 5 heteroatoms. The first-order chi connectivity index (χ1) is 17.8. The molecule has 0 amide bonds. The maximum atomic E-state index is 12.1. The fraction of sp³-hybridized carbons (Fsp3) is 0.219. The Labute approximate surface area is 229 Å². The molecule has 1 atom stereocenters. The highest BCUT2D eigenvalue weighted by atomic mass is 79.9. The van der Waals surface area contributed by atoms with Gasteiger partial charge in [-0.1, -0.05) is 74.5 Å². The fourth-order valence-corrected chi connectivity index (χ4v) is 6.86. The van der Waals surface area contributed by atoms with Crippen LogP contribution in [0.25, 0.3) is 32.0 Å². The highest BCUT2D eigenvalue weighted by Crippen LogP contribution is 2.47. The van der Waals surface area contributed by atoms with Gasteiger partial charge in [0.05, 0.1) is 4.70 Å². The van der Waals surface area contributed by atoms with Crippen LogP contribution in [-0.2, 0) is 11.2 Å². The summed E-state index contributed by atoms with van der Waals surface area (Å²) in [7, 11) is 0. The normalized spacial score (nSPS) is 12.4. The predicted molar refractivity (Wildman–Crippen MR) is 158 cm³/mol. The SMILES string of the molecule is Cc1sc2c(Br)c3ccccc3c(-c3ccc(OC(Cc4ccccc4)C(=O)O)c(C(C)C)c3)c2c1C. The summed E-state index contributed by atoms with van der Waals surface area (Å²) in [5.74, 6) is -0.186. The molecule has 37 heavy (non-hydrogen) atoms. The number of hydrogen-bond donors (Lipinski definition) is 1. The van der Waals surface area contributed by atoms with Gasteiger partial charge in [-0.25, -0.2) is 4.79 Å². The highest BCUT2D eigenvalue weighted by Gasteiger charge is 2.24. The van der Waals surface area contributed by atoms with Crippen LogP contribution in [0.4, 0.5) is 0 Å². The molecular weight excluding hydrogens is 544 g/mol. The topological polar surface area (TPSA) is 46.5 Å². The van der Waals surface area contributed by atoms with Gasteiger partial charge in [-0.2, -0.15) is 0 Å². The monoisotopic (exact) mass is 572 g/mol. The van der Waals surface area contributed by atoms with Gasteiger partial charge in [0, 0.05) is 21.2 Å². The van der Waals surface area contributed by atoms with E-state index in [9.17, 15) is 9.90 Å². The van der Waals surface area contributed by atoms with Gasteiger partial charge in [0.15, 0.2) is 6.10 Å². The van der Waals surface area contributed by atoms with E-state index in [0.717, 1.165) is 21.2 Å². The van der Waals surface area contributed by atoms with Gasteiger partial charge in [0.1, 0.15) is 5.75 Å². The number of ether oxygens (including phenoxy) is 1. The molecule has 0 bridgehead atoms. The molecule has 0 fully saturated rings. The Morgan fingerprint density at radius 2 is 1.65 bits per heavy atom. The molecule has 1 aromatic heterocycles. The third kappa shape index (κ3) is 4.78. The van der Waals surface area contributed by atoms with Crippen molar-refractivity contribution in [2.75, 3.05) is 0 Å². The van der Waals surface area contributed by atoms with Crippen molar-refractivity contribution in [3.63, 3.8) is 0 Å². The zero-order valence-electron chi connectivity index (χ0n) is 21.3. The van der Waals surface area contributed by atoms with Gasteiger partial charge in [0.2, 0.25) is 0 Å². The largest absolute Gasteiger partial charge is 0.478 e. The molecule has 0 saturated carbocycles. The summed E-state index contributed by atoms with van der Waals surface area (Å²) in [6, 6.07) is 24.3. The van der Waals surface area contributed by atoms with E-state index in [1.165, 1.54) is 36.9 Å². The Morgan fingerprint density at radius 1 is 0.973 bits per heavy atom. The second kappa shape index (κ2) is 10.3. The van der Waals surface area contributed by atoms with Crippen LogP contribution in [0.2, 0.25) is 0 Å². The average molecular weight is 574 g/mol. The lowest BCUT2D eigenvalue weighted by Gasteiger charge is -2.21. The molecule has 1 unspecified atom stereocenters. The van der Waals surface area contributed by atoms with Crippen LogP contribution >= 0.6 is 27.3 Å². The summed E-state index contributed by atoms with van der Waals surface area (Å²) >= 11 is 5.71. The van der Waals surface area contributed by atoms with Gasteiger partial charge in [-0.05, 0) is 86.4 Å². The van der Waals surface area contributed by atoms with E-state index in [1.54, 1.807) is 0 Å². The Hall–Kier alpha value is -3.15. The molecule has 0 aliphatic rings. The van der Waals surface area contributed by atoms with Crippen molar-refractivity contribution in [2.45, 2.75) is 46.1 Å². The molecule has 0 radical (unpaired) electrons. The number of carboxylic acid groups (broad SMARTS) is 1. The lowest BCUT2D eigenvalue weighted by molar-refractivity contribution is -0.145. The summed E-state index contributed by atoms with van der Waals surface area (Å²) < 4.78 is 8.57. The molecule has 0 aliphatic carbocycles. The molecular formula is C32H29BrO3S. The number of aryl methyl sites for hydroxylation is 2. The molecule has 0 spiro atoms. The minimum atomic E-state index is -0.965. The summed E-state index contributed by atoms with van der Waals surface area (Å²) in [5.41, 5.74) is 5.55. The first-order valence-corrected chi connectivity index (χ1v) is 14.0. The lowest BCUT2D eigenvalue weighted by atomic mass is 9.90. The van der Waals surface area contributed by atoms with Crippen LogP contribution in [0.15, 0.2) is 77.3 Å². The first kappa shape index (κ1) is 25.5. The van der Waals surface area contributed by atoms with Gasteiger partial charge in [0.25, 0.3) is 0 Å². The minimum Gasteiger partial charge on any atom is -0.478 e. The number of benzene rings is 4. The summed E-state index contributed by atoms with van der Waals surface area (Å²) in [4.78, 5) is 13.4. The molecule has 5 rings (SSSR count). The van der Waals surface area contributed by atoms with Crippen LogP contribution in [0.3, 0.4) is 0 Å². The number of hydrogen-bond acceptors (Lipinski definition) is 3. The smallest absolute Gasteiger partial charge is 0.345 e. The molecule has 1 N–H and O–H groups in total. The van der Waals surface area contributed by atoms with Crippen LogP contribution in [0.1, 0.15) is 41.3 Å². The van der Waals surface area contributed by atoms with Crippen molar-refractivity contribution in [1.29, 1.82) is 0 Å². The number of carbonyl (C=O) groups is 1. The van der Waals surface area contributed by atoms with Crippen molar-refractivity contribution in [3.05, 3.63) is 98.8 Å². The summed E-state index contributed by atoms with van der Waals surface area (Å²) in [5, 5.41) is 13.6. The van der Waals surface area contributed by atoms with E-state index >= 15 is 0 Å². The van der Waals surface area contributed by atoms with Crippen molar-refractivity contribution in [2.24, 2.45) is 0 Å². The van der Waals surface area contributed by atoms with E-state index in [2.05, 4.69) is 80.0 Å². The maximum absolute atomic E-state index is 12.1. The maximum Gasteiger partial charge on any atom is 0.345 e. The summed E-state index contributed by atoms with van der Waals surface area (Å²) in [6.45, 7) is 8.61. The molecule has 3 nitrogen and oxygen atoms in total. The molecule has 0 saturated heterocycles. The fourth-order valence-electron chi connectivity index (χ4n) is 4.96. The van der Waals surface area contributed by atoms with Crippen molar-refractivity contribution >= 4 is 54.1 Å². The van der Waals surface area contributed by atoms with E-state index in [4.69, 9.17) is 4.74 Å². The minimum absolute atomic E-state index is 0.156. The second-order valence-electron chi connectivity index (χ2n) is 9.76. The van der Waals surface area contributed by atoms with Crippen molar-refractivity contribution < 1.29 is 14.6 Å². The van der Waals surface area contributed by atoms with Gasteiger partial charge >= 0.3 is 5.97 Å². The predicted octanol–water partition coefficient (Wildman–Crippen LogP) is 9.30. The number of aliphatic carboxylic acids is 1. The van der Waals surface area contributed by atoms with Crippen LogP contribution in [-0.4, -0.2) is 17.2 Å². The Balaban J connectivity index is 1.65. The van der Waals surface area contributed by atoms with Gasteiger partial charge < -0.3 is 9.84 Å². The van der Waals surface area contributed by atoms with Gasteiger partial charge in [-0.15, -0.1) is 11.3 Å². The third-order valence-electron chi connectivity index (χ3n) is 7.00. The number of carboxylic acids is 1. The highest BCUT2D eigenvalue weighted by molar-refractivity contribution is 9.11. The Bertz CT molecular complexity index is 1620. The Morgan fingerprint density at radius 3 is 2.32 bits per heavy atom. The lowest BCUT2D eigenvalue weighted by Crippen LogP contribution is -2.29. The average Bonchev–Trinajstić information content (AvgIpc) is 3.19. The molecule has 188 valence electrons. The van der Waals surface area contributed by atoms with Crippen LogP contribution in [0.5, 0.6) is 5.75 Å². The molecule has 5 aromatic rings. The molecule has 0 aliphatic heterocycles. The third-order valence-corrected chi connectivity index (χ3v) is 9.31. The van der Waals surface area contributed by atoms with E-state index < -0.39 is 12.1 Å². The Kier molecular flexibility index (Phi) is 7.11. The van der Waals surface area contributed by atoms with Crippen molar-refractivity contribution in [3.8, 4) is 16.9 Å². The van der Waals surface area contributed by atoms with E-state index in [0.29, 0.717) is 12.2 Å². The number of rotatable bonds is 7. The summed E-state index contributed by atoms with van der Waals surface area (Å²) in [6.07, 6.45) is -0.659. The van der Waals surface area contributed by atoms with Crippen LogP contribution in [0, 0.1) is 13.8 Å². The van der Waals surface area contributed by atoms with E-state index in [1.807, 2.05) is 47.7 Å².